The van der Waals surface area contributed by atoms with E-state index in [0.717, 1.165) is 0 Å². The van der Waals surface area contributed by atoms with Gasteiger partial charge in [-0.15, -0.1) is 0 Å². The number of carbonyl (C=O) groups excluding carboxylic acids is 1. The molecular formula is C25H25FN2O4S. The van der Waals surface area contributed by atoms with Crippen LogP contribution in [0.15, 0.2) is 77.7 Å². The van der Waals surface area contributed by atoms with Crippen molar-refractivity contribution in [3.63, 3.8) is 0 Å². The smallest absolute Gasteiger partial charge is 0.264 e. The zero-order valence-corrected chi connectivity index (χ0v) is 19.2. The minimum absolute atomic E-state index is 0.0331. The summed E-state index contributed by atoms with van der Waals surface area (Å²) in [4.78, 5) is 12.9. The molecule has 3 aromatic rings. The minimum atomic E-state index is -3.87. The molecule has 1 amide bonds. The lowest BCUT2D eigenvalue weighted by atomic mass is 10.1. The Morgan fingerprint density at radius 3 is 2.45 bits per heavy atom. The average Bonchev–Trinajstić information content (AvgIpc) is 3.61. The zero-order chi connectivity index (χ0) is 23.6. The highest BCUT2D eigenvalue weighted by Gasteiger charge is 2.45. The number of halogens is 1. The van der Waals surface area contributed by atoms with E-state index in [1.165, 1.54) is 35.7 Å². The van der Waals surface area contributed by atoms with Crippen molar-refractivity contribution in [1.29, 1.82) is 0 Å². The van der Waals surface area contributed by atoms with E-state index in [1.807, 2.05) is 6.07 Å². The Hall–Kier alpha value is -3.39. The molecule has 2 atom stereocenters. The number of carbonyl (C=O) groups is 1. The van der Waals surface area contributed by atoms with Crippen LogP contribution in [0.5, 0.6) is 5.75 Å². The first-order valence-corrected chi connectivity index (χ1v) is 12.1. The third-order valence-corrected chi connectivity index (χ3v) is 7.68. The lowest BCUT2D eigenvalue weighted by Crippen LogP contribution is -2.30. The summed E-state index contributed by atoms with van der Waals surface area (Å²) in [6.45, 7) is 2.00. The summed E-state index contributed by atoms with van der Waals surface area (Å²) in [5, 5.41) is 2.78. The van der Waals surface area contributed by atoms with Crippen LogP contribution in [0.1, 0.15) is 24.8 Å². The number of hydrogen-bond acceptors (Lipinski definition) is 4. The summed E-state index contributed by atoms with van der Waals surface area (Å²) < 4.78 is 47.4. The molecule has 33 heavy (non-hydrogen) atoms. The second kappa shape index (κ2) is 9.23. The minimum Gasteiger partial charge on any atom is -0.495 e. The molecule has 6 nitrogen and oxygen atoms in total. The van der Waals surface area contributed by atoms with Crippen LogP contribution >= 0.6 is 0 Å². The zero-order valence-electron chi connectivity index (χ0n) is 18.4. The van der Waals surface area contributed by atoms with Crippen LogP contribution < -0.4 is 14.4 Å². The largest absolute Gasteiger partial charge is 0.495 e. The van der Waals surface area contributed by atoms with Gasteiger partial charge in [0.2, 0.25) is 5.91 Å². The lowest BCUT2D eigenvalue weighted by molar-refractivity contribution is -0.117. The molecule has 3 aromatic carbocycles. The molecule has 0 radical (unpaired) electrons. The number of sulfonamides is 1. The number of nitrogens with one attached hydrogen (secondary N) is 1. The molecule has 172 valence electrons. The van der Waals surface area contributed by atoms with Crippen LogP contribution in [-0.2, 0) is 14.8 Å². The maximum absolute atomic E-state index is 14.1. The molecule has 0 aliphatic heterocycles. The van der Waals surface area contributed by atoms with Crippen molar-refractivity contribution < 1.29 is 22.3 Å². The Morgan fingerprint density at radius 1 is 1.09 bits per heavy atom. The number of para-hydroxylation sites is 1. The van der Waals surface area contributed by atoms with E-state index < -0.39 is 10.0 Å². The summed E-state index contributed by atoms with van der Waals surface area (Å²) in [5.74, 6) is -0.871. The van der Waals surface area contributed by atoms with Gasteiger partial charge in [0.15, 0.2) is 0 Å². The van der Waals surface area contributed by atoms with E-state index in [0.29, 0.717) is 23.4 Å². The first-order valence-electron chi connectivity index (χ1n) is 10.7. The summed E-state index contributed by atoms with van der Waals surface area (Å²) in [5.41, 5.74) is 1.32. The Labute approximate surface area is 193 Å². The quantitative estimate of drug-likeness (QED) is 0.516. The van der Waals surface area contributed by atoms with Gasteiger partial charge in [0.05, 0.1) is 23.4 Å². The van der Waals surface area contributed by atoms with Gasteiger partial charge in [-0.3, -0.25) is 9.10 Å². The van der Waals surface area contributed by atoms with E-state index in [1.54, 1.807) is 49.4 Å². The number of rotatable bonds is 8. The van der Waals surface area contributed by atoms with Crippen LogP contribution in [-0.4, -0.2) is 28.0 Å². The number of benzene rings is 3. The fourth-order valence-corrected chi connectivity index (χ4v) is 5.49. The molecule has 0 heterocycles. The van der Waals surface area contributed by atoms with Gasteiger partial charge in [-0.05, 0) is 61.2 Å². The van der Waals surface area contributed by atoms with Gasteiger partial charge in [-0.2, -0.15) is 0 Å². The SMILES string of the molecule is CCN(c1ccccc1)S(=O)(=O)c1ccc(OC)c(NC(=O)C2CC2c2ccccc2F)c1. The summed E-state index contributed by atoms with van der Waals surface area (Å²) in [7, 11) is -2.43. The van der Waals surface area contributed by atoms with Gasteiger partial charge in [-0.1, -0.05) is 36.4 Å². The van der Waals surface area contributed by atoms with Crippen LogP contribution in [0, 0.1) is 11.7 Å². The Morgan fingerprint density at radius 2 is 1.79 bits per heavy atom. The molecule has 1 aliphatic rings. The lowest BCUT2D eigenvalue weighted by Gasteiger charge is -2.23. The van der Waals surface area contributed by atoms with Crippen molar-refractivity contribution >= 4 is 27.3 Å². The van der Waals surface area contributed by atoms with Crippen LogP contribution in [0.2, 0.25) is 0 Å². The second-order valence-electron chi connectivity index (χ2n) is 7.83. The summed E-state index contributed by atoms with van der Waals surface area (Å²) in [6, 6.07) is 19.6. The van der Waals surface area contributed by atoms with Gasteiger partial charge in [0, 0.05) is 12.5 Å². The predicted molar refractivity (Wildman–Crippen MR) is 126 cm³/mol. The Bertz CT molecular complexity index is 1260. The monoisotopic (exact) mass is 468 g/mol. The topological polar surface area (TPSA) is 75.7 Å². The fourth-order valence-electron chi connectivity index (χ4n) is 3.99. The molecule has 1 fully saturated rings. The molecular weight excluding hydrogens is 443 g/mol. The van der Waals surface area contributed by atoms with E-state index in [9.17, 15) is 17.6 Å². The van der Waals surface area contributed by atoms with Gasteiger partial charge in [-0.25, -0.2) is 12.8 Å². The van der Waals surface area contributed by atoms with Gasteiger partial charge < -0.3 is 10.1 Å². The van der Waals surface area contributed by atoms with Gasteiger partial charge in [0.25, 0.3) is 10.0 Å². The number of ether oxygens (including phenoxy) is 1. The van der Waals surface area contributed by atoms with Crippen LogP contribution in [0.3, 0.4) is 0 Å². The molecule has 1 N–H and O–H groups in total. The van der Waals surface area contributed by atoms with Crippen LogP contribution in [0.4, 0.5) is 15.8 Å². The molecule has 0 aromatic heterocycles. The van der Waals surface area contributed by atoms with E-state index >= 15 is 0 Å². The maximum Gasteiger partial charge on any atom is 0.264 e. The van der Waals surface area contributed by atoms with Crippen molar-refractivity contribution in [2.75, 3.05) is 23.3 Å². The first-order chi connectivity index (χ1) is 15.9. The molecule has 8 heteroatoms. The maximum atomic E-state index is 14.1. The normalized spacial score (nSPS) is 17.3. The Kier molecular flexibility index (Phi) is 6.37. The number of methoxy groups -OCH3 is 1. The molecule has 4 rings (SSSR count). The highest BCUT2D eigenvalue weighted by Crippen LogP contribution is 2.49. The first kappa shape index (κ1) is 22.8. The average molecular weight is 469 g/mol. The van der Waals surface area contributed by atoms with Crippen molar-refractivity contribution in [3.8, 4) is 5.75 Å². The number of nitrogens with zero attached hydrogens (tertiary/aromatic N) is 1. The molecule has 2 unspecified atom stereocenters. The van der Waals surface area contributed by atoms with E-state index in [4.69, 9.17) is 4.74 Å². The van der Waals surface area contributed by atoms with E-state index in [2.05, 4.69) is 5.32 Å². The molecule has 1 aliphatic carbocycles. The highest BCUT2D eigenvalue weighted by molar-refractivity contribution is 7.92. The molecule has 0 spiro atoms. The third-order valence-electron chi connectivity index (χ3n) is 5.78. The third kappa shape index (κ3) is 4.57. The second-order valence-corrected chi connectivity index (χ2v) is 9.69. The molecule has 0 bridgehead atoms. The van der Waals surface area contributed by atoms with Gasteiger partial charge in [0.1, 0.15) is 11.6 Å². The molecule has 0 saturated heterocycles. The van der Waals surface area contributed by atoms with Crippen LogP contribution in [0.25, 0.3) is 0 Å². The highest BCUT2D eigenvalue weighted by atomic mass is 32.2. The Balaban J connectivity index is 1.59. The van der Waals surface area contributed by atoms with Crippen molar-refractivity contribution in [2.45, 2.75) is 24.2 Å². The summed E-state index contributed by atoms with van der Waals surface area (Å²) in [6.07, 6.45) is 0.532. The molecule has 1 saturated carbocycles. The number of amides is 1. The number of anilines is 2. The fraction of sp³-hybridized carbons (Fsp3) is 0.240. The summed E-state index contributed by atoms with van der Waals surface area (Å²) >= 11 is 0. The predicted octanol–water partition coefficient (Wildman–Crippen LogP) is 4.79. The van der Waals surface area contributed by atoms with Crippen molar-refractivity contribution in [2.24, 2.45) is 5.92 Å². The van der Waals surface area contributed by atoms with Crippen molar-refractivity contribution in [3.05, 3.63) is 84.2 Å². The standard InChI is InChI=1S/C25H25FN2O4S/c1-3-28(17-9-5-4-6-10-17)33(30,31)18-13-14-24(32-2)23(15-18)27-25(29)21-16-20(21)19-11-7-8-12-22(19)26/h4-15,20-21H,3,16H2,1-2H3,(H,27,29). The van der Waals surface area contributed by atoms with E-state index in [-0.39, 0.29) is 40.7 Å². The van der Waals surface area contributed by atoms with Gasteiger partial charge >= 0.3 is 0 Å². The van der Waals surface area contributed by atoms with Crippen molar-refractivity contribution in [1.82, 2.24) is 0 Å². The number of hydrogen-bond donors (Lipinski definition) is 1.